The number of rotatable bonds is 2. The first-order valence-corrected chi connectivity index (χ1v) is 6.99. The zero-order valence-corrected chi connectivity index (χ0v) is 9.81. The second-order valence-corrected chi connectivity index (χ2v) is 6.83. The molecule has 1 aromatic carbocycles. The first-order chi connectivity index (χ1) is 7.51. The third-order valence-corrected chi connectivity index (χ3v) is 5.64. The highest BCUT2D eigenvalue weighted by atomic mass is 31.2. The Morgan fingerprint density at radius 1 is 1.44 bits per heavy atom. The second-order valence-electron chi connectivity index (χ2n) is 4.02. The Morgan fingerprint density at radius 3 is 2.75 bits per heavy atom. The third-order valence-electron chi connectivity index (χ3n) is 2.74. The zero-order valence-electron chi connectivity index (χ0n) is 8.92. The smallest absolute Gasteiger partial charge is 0.270 e. The lowest BCUT2D eigenvalue weighted by molar-refractivity contribution is -0.384. The van der Waals surface area contributed by atoms with Gasteiger partial charge in [-0.15, -0.1) is 0 Å². The van der Waals surface area contributed by atoms with Crippen molar-refractivity contribution in [1.29, 1.82) is 0 Å². The number of nitrogens with zero attached hydrogens (tertiary/aromatic N) is 1. The molecular formula is C11H12NO3P. The number of benzene rings is 1. The lowest BCUT2D eigenvalue weighted by atomic mass is 10.3. The summed E-state index contributed by atoms with van der Waals surface area (Å²) in [4.78, 5) is 10.2. The molecule has 0 radical (unpaired) electrons. The molecule has 0 spiro atoms. The van der Waals surface area contributed by atoms with Crippen molar-refractivity contribution in [2.45, 2.75) is 13.3 Å². The van der Waals surface area contributed by atoms with Crippen molar-refractivity contribution in [3.8, 4) is 0 Å². The van der Waals surface area contributed by atoms with Crippen molar-refractivity contribution >= 4 is 18.1 Å². The van der Waals surface area contributed by atoms with Crippen LogP contribution in [0.25, 0.3) is 0 Å². The molecule has 1 heterocycles. The summed E-state index contributed by atoms with van der Waals surface area (Å²) in [5, 5.41) is 11.2. The summed E-state index contributed by atoms with van der Waals surface area (Å²) >= 11 is 0. The number of hydrogen-bond acceptors (Lipinski definition) is 3. The highest BCUT2D eigenvalue weighted by Gasteiger charge is 2.28. The lowest BCUT2D eigenvalue weighted by Gasteiger charge is -2.08. The Morgan fingerprint density at radius 2 is 2.19 bits per heavy atom. The van der Waals surface area contributed by atoms with Crippen molar-refractivity contribution in [2.24, 2.45) is 0 Å². The summed E-state index contributed by atoms with van der Waals surface area (Å²) in [5.74, 6) is 1.78. The standard InChI is InChI=1S/C11H12NO3P/c1-9-5-6-16(15,8-9)11-4-2-3-10(7-11)12(13)14/h2-4,7-8H,5-6H2,1H3/t16-/m0/s1. The zero-order chi connectivity index (χ0) is 11.8. The third kappa shape index (κ3) is 1.93. The number of nitro benzene ring substituents is 1. The minimum atomic E-state index is -2.51. The molecule has 0 saturated carbocycles. The van der Waals surface area contributed by atoms with Gasteiger partial charge in [0.2, 0.25) is 0 Å². The topological polar surface area (TPSA) is 60.2 Å². The van der Waals surface area contributed by atoms with E-state index in [0.717, 1.165) is 12.0 Å². The van der Waals surface area contributed by atoms with Gasteiger partial charge in [0.25, 0.3) is 5.69 Å². The van der Waals surface area contributed by atoms with E-state index < -0.39 is 12.1 Å². The molecule has 0 saturated heterocycles. The molecule has 0 N–H and O–H groups in total. The second kappa shape index (κ2) is 3.87. The van der Waals surface area contributed by atoms with Gasteiger partial charge in [0, 0.05) is 23.6 Å². The molecule has 1 aliphatic rings. The maximum Gasteiger partial charge on any atom is 0.270 e. The fourth-order valence-electron chi connectivity index (χ4n) is 1.87. The molecule has 1 aliphatic heterocycles. The molecule has 0 fully saturated rings. The Bertz CT molecular complexity index is 522. The van der Waals surface area contributed by atoms with Crippen LogP contribution in [0.3, 0.4) is 0 Å². The van der Waals surface area contributed by atoms with E-state index in [4.69, 9.17) is 0 Å². The predicted octanol–water partition coefficient (Wildman–Crippen LogP) is 2.89. The summed E-state index contributed by atoms with van der Waals surface area (Å²) in [5.41, 5.74) is 1.11. The summed E-state index contributed by atoms with van der Waals surface area (Å²) in [6.45, 7) is 1.94. The highest BCUT2D eigenvalue weighted by Crippen LogP contribution is 2.53. The van der Waals surface area contributed by atoms with E-state index in [9.17, 15) is 14.7 Å². The number of nitro groups is 1. The SMILES string of the molecule is CC1=C[P@](=O)(c2cccc([N+](=O)[O-])c2)CC1. The number of allylic oxidation sites excluding steroid dienone is 1. The molecule has 2 rings (SSSR count). The van der Waals surface area contributed by atoms with Gasteiger partial charge in [-0.25, -0.2) is 0 Å². The van der Waals surface area contributed by atoms with Gasteiger partial charge >= 0.3 is 0 Å². The van der Waals surface area contributed by atoms with E-state index in [2.05, 4.69) is 0 Å². The quantitative estimate of drug-likeness (QED) is 0.451. The van der Waals surface area contributed by atoms with E-state index in [1.165, 1.54) is 12.1 Å². The van der Waals surface area contributed by atoms with Crippen LogP contribution in [0.5, 0.6) is 0 Å². The van der Waals surface area contributed by atoms with E-state index >= 15 is 0 Å². The van der Waals surface area contributed by atoms with Gasteiger partial charge in [-0.05, 0) is 19.2 Å². The fraction of sp³-hybridized carbons (Fsp3) is 0.273. The number of non-ortho nitro benzene ring substituents is 1. The van der Waals surface area contributed by atoms with Crippen molar-refractivity contribution in [2.75, 3.05) is 6.16 Å². The molecule has 0 aliphatic carbocycles. The van der Waals surface area contributed by atoms with Crippen molar-refractivity contribution in [1.82, 2.24) is 0 Å². The monoisotopic (exact) mass is 237 g/mol. The van der Waals surface area contributed by atoms with Crippen LogP contribution in [0, 0.1) is 10.1 Å². The minimum absolute atomic E-state index is 0.00526. The van der Waals surface area contributed by atoms with Crippen LogP contribution in [0.15, 0.2) is 35.7 Å². The van der Waals surface area contributed by atoms with Crippen LogP contribution in [0.1, 0.15) is 13.3 Å². The Balaban J connectivity index is 2.46. The molecule has 1 atom stereocenters. The molecule has 5 heteroatoms. The molecule has 0 aromatic heterocycles. The normalized spacial score (nSPS) is 24.2. The first-order valence-electron chi connectivity index (χ1n) is 5.03. The largest absolute Gasteiger partial charge is 0.314 e. The Hall–Kier alpha value is -1.41. The number of hydrogen-bond donors (Lipinski definition) is 0. The average molecular weight is 237 g/mol. The van der Waals surface area contributed by atoms with Crippen molar-refractivity contribution in [3.63, 3.8) is 0 Å². The van der Waals surface area contributed by atoms with Gasteiger partial charge in [-0.1, -0.05) is 17.7 Å². The summed E-state index contributed by atoms with van der Waals surface area (Å²) in [7, 11) is -2.51. The van der Waals surface area contributed by atoms with Crippen LogP contribution in [0.2, 0.25) is 0 Å². The highest BCUT2D eigenvalue weighted by molar-refractivity contribution is 7.74. The van der Waals surface area contributed by atoms with E-state index in [1.54, 1.807) is 17.9 Å². The molecular weight excluding hydrogens is 225 g/mol. The lowest BCUT2D eigenvalue weighted by Crippen LogP contribution is -2.04. The van der Waals surface area contributed by atoms with Crippen LogP contribution < -0.4 is 5.30 Å². The van der Waals surface area contributed by atoms with Gasteiger partial charge in [0.05, 0.1) is 4.92 Å². The van der Waals surface area contributed by atoms with Crippen LogP contribution in [-0.2, 0) is 4.57 Å². The molecule has 0 amide bonds. The van der Waals surface area contributed by atoms with Gasteiger partial charge in [0.1, 0.15) is 7.14 Å². The minimum Gasteiger partial charge on any atom is -0.314 e. The molecule has 16 heavy (non-hydrogen) atoms. The average Bonchev–Trinajstić information content (AvgIpc) is 2.60. The van der Waals surface area contributed by atoms with Gasteiger partial charge in [0.15, 0.2) is 0 Å². The molecule has 1 aromatic rings. The molecule has 84 valence electrons. The Labute approximate surface area is 93.5 Å². The van der Waals surface area contributed by atoms with Gasteiger partial charge in [-0.3, -0.25) is 10.1 Å². The van der Waals surface area contributed by atoms with Gasteiger partial charge in [-0.2, -0.15) is 0 Å². The van der Waals surface area contributed by atoms with Crippen molar-refractivity contribution < 1.29 is 9.49 Å². The molecule has 0 unspecified atom stereocenters. The summed E-state index contributed by atoms with van der Waals surface area (Å²) < 4.78 is 12.5. The van der Waals surface area contributed by atoms with Crippen LogP contribution in [-0.4, -0.2) is 11.1 Å². The van der Waals surface area contributed by atoms with E-state index in [-0.39, 0.29) is 5.69 Å². The summed E-state index contributed by atoms with van der Waals surface area (Å²) in [6, 6.07) is 6.15. The predicted molar refractivity (Wildman–Crippen MR) is 63.6 cm³/mol. The first kappa shape index (κ1) is 11.1. The van der Waals surface area contributed by atoms with Gasteiger partial charge < -0.3 is 4.57 Å². The van der Waals surface area contributed by atoms with Crippen LogP contribution >= 0.6 is 7.14 Å². The van der Waals surface area contributed by atoms with E-state index in [1.807, 2.05) is 6.92 Å². The maximum absolute atomic E-state index is 12.5. The molecule has 0 bridgehead atoms. The Kier molecular flexibility index (Phi) is 2.68. The summed E-state index contributed by atoms with van der Waals surface area (Å²) in [6.07, 6.45) is 1.42. The maximum atomic E-state index is 12.5. The molecule has 4 nitrogen and oxygen atoms in total. The van der Waals surface area contributed by atoms with Crippen LogP contribution in [0.4, 0.5) is 5.69 Å². The fourth-order valence-corrected chi connectivity index (χ4v) is 4.62. The van der Waals surface area contributed by atoms with E-state index in [0.29, 0.717) is 11.5 Å². The van der Waals surface area contributed by atoms with Crippen molar-refractivity contribution in [3.05, 3.63) is 45.8 Å².